The highest BCUT2D eigenvalue weighted by atomic mass is 32.2. The maximum Gasteiger partial charge on any atom is 0.263 e. The first kappa shape index (κ1) is 22.3. The SMILES string of the molecule is O=C(CCCCCN=C1NS(=O)(=O)c2ccccc21)Nc1ccccc1N1CCCCC1. The fourth-order valence-electron chi connectivity index (χ4n) is 4.22. The normalized spacial score (nSPS) is 18.2. The van der Waals surface area contributed by atoms with Gasteiger partial charge in [0.1, 0.15) is 5.84 Å². The van der Waals surface area contributed by atoms with Crippen LogP contribution in [0.15, 0.2) is 58.4 Å². The fourth-order valence-corrected chi connectivity index (χ4v) is 5.47. The lowest BCUT2D eigenvalue weighted by atomic mass is 10.1. The first-order valence-corrected chi connectivity index (χ1v) is 12.8. The third kappa shape index (κ3) is 5.30. The molecule has 1 fully saturated rings. The zero-order valence-electron chi connectivity index (χ0n) is 18.2. The van der Waals surface area contributed by atoms with E-state index < -0.39 is 10.0 Å². The number of fused-ring (bicyclic) bond motifs is 1. The van der Waals surface area contributed by atoms with Gasteiger partial charge >= 0.3 is 0 Å². The van der Waals surface area contributed by atoms with Gasteiger partial charge in [-0.15, -0.1) is 0 Å². The van der Waals surface area contributed by atoms with E-state index in [0.29, 0.717) is 24.4 Å². The van der Waals surface area contributed by atoms with Crippen LogP contribution in [0.3, 0.4) is 0 Å². The van der Waals surface area contributed by atoms with Crippen LogP contribution in [-0.2, 0) is 14.8 Å². The lowest BCUT2D eigenvalue weighted by molar-refractivity contribution is -0.116. The molecule has 1 amide bonds. The minimum Gasteiger partial charge on any atom is -0.370 e. The van der Waals surface area contributed by atoms with E-state index >= 15 is 0 Å². The number of nitrogens with zero attached hydrogens (tertiary/aromatic N) is 2. The maximum absolute atomic E-state index is 12.5. The van der Waals surface area contributed by atoms with E-state index in [0.717, 1.165) is 43.7 Å². The Morgan fingerprint density at radius 1 is 0.969 bits per heavy atom. The summed E-state index contributed by atoms with van der Waals surface area (Å²) in [7, 11) is -3.49. The molecule has 0 bridgehead atoms. The molecule has 0 aromatic heterocycles. The summed E-state index contributed by atoms with van der Waals surface area (Å²) < 4.78 is 26.7. The highest BCUT2D eigenvalue weighted by Crippen LogP contribution is 2.28. The Morgan fingerprint density at radius 3 is 2.56 bits per heavy atom. The van der Waals surface area contributed by atoms with E-state index in [9.17, 15) is 13.2 Å². The van der Waals surface area contributed by atoms with Crippen molar-refractivity contribution in [2.45, 2.75) is 49.8 Å². The molecule has 170 valence electrons. The predicted molar refractivity (Wildman–Crippen MR) is 128 cm³/mol. The molecule has 0 radical (unpaired) electrons. The molecule has 1 saturated heterocycles. The third-order valence-corrected chi connectivity index (χ3v) is 7.27. The van der Waals surface area contributed by atoms with Crippen molar-refractivity contribution in [2.24, 2.45) is 4.99 Å². The number of piperidine rings is 1. The van der Waals surface area contributed by atoms with Crippen molar-refractivity contribution in [1.29, 1.82) is 0 Å². The molecule has 2 aromatic carbocycles. The number of hydrogen-bond acceptors (Lipinski definition) is 5. The van der Waals surface area contributed by atoms with Crippen LogP contribution in [0.2, 0.25) is 0 Å². The first-order valence-electron chi connectivity index (χ1n) is 11.3. The number of benzene rings is 2. The minimum atomic E-state index is -3.49. The molecule has 2 heterocycles. The van der Waals surface area contributed by atoms with Crippen LogP contribution in [-0.4, -0.2) is 39.8 Å². The number of anilines is 2. The highest BCUT2D eigenvalue weighted by Gasteiger charge is 2.29. The Kier molecular flexibility index (Phi) is 7.09. The molecular weight excluding hydrogens is 424 g/mol. The molecule has 4 rings (SSSR count). The maximum atomic E-state index is 12.5. The molecule has 8 heteroatoms. The topological polar surface area (TPSA) is 90.9 Å². The molecular formula is C24H30N4O3S. The van der Waals surface area contributed by atoms with Crippen molar-refractivity contribution in [1.82, 2.24) is 4.72 Å². The zero-order chi connectivity index (χ0) is 22.4. The molecule has 2 aromatic rings. The molecule has 7 nitrogen and oxygen atoms in total. The molecule has 0 aliphatic carbocycles. The molecule has 0 saturated carbocycles. The van der Waals surface area contributed by atoms with Gasteiger partial charge in [-0.05, 0) is 56.4 Å². The number of para-hydroxylation sites is 2. The summed E-state index contributed by atoms with van der Waals surface area (Å²) in [5.74, 6) is 0.436. The number of hydrogen-bond donors (Lipinski definition) is 2. The Labute approximate surface area is 190 Å². The standard InChI is InChI=1S/C24H30N4O3S/c29-23(26-20-12-5-6-13-21(20)28-17-9-2-10-18-28)15-3-1-8-16-25-24-19-11-4-7-14-22(19)32(30,31)27-24/h4-7,11-14H,1-3,8-10,15-18H2,(H,25,27)(H,26,29). The van der Waals surface area contributed by atoms with Crippen LogP contribution in [0, 0.1) is 0 Å². The van der Waals surface area contributed by atoms with Gasteiger partial charge in [-0.2, -0.15) is 0 Å². The Balaban J connectivity index is 1.22. The summed E-state index contributed by atoms with van der Waals surface area (Å²) in [6.07, 6.45) is 6.54. The Hall–Kier alpha value is -2.87. The number of nitrogens with one attached hydrogen (secondary N) is 2. The quantitative estimate of drug-likeness (QED) is 0.592. The van der Waals surface area contributed by atoms with E-state index in [2.05, 4.69) is 26.0 Å². The van der Waals surface area contributed by atoms with Gasteiger partial charge in [-0.25, -0.2) is 8.42 Å². The largest absolute Gasteiger partial charge is 0.370 e. The minimum absolute atomic E-state index is 0.0262. The van der Waals surface area contributed by atoms with Crippen LogP contribution in [0.25, 0.3) is 0 Å². The van der Waals surface area contributed by atoms with Gasteiger partial charge in [-0.1, -0.05) is 30.7 Å². The second kappa shape index (κ2) is 10.2. The van der Waals surface area contributed by atoms with Gasteiger partial charge < -0.3 is 10.2 Å². The molecule has 2 aliphatic heterocycles. The van der Waals surface area contributed by atoms with Crippen molar-refractivity contribution >= 4 is 33.1 Å². The lowest BCUT2D eigenvalue weighted by Gasteiger charge is -2.30. The van der Waals surface area contributed by atoms with Gasteiger partial charge in [0.25, 0.3) is 10.0 Å². The Bertz CT molecular complexity index is 1090. The summed E-state index contributed by atoms with van der Waals surface area (Å²) >= 11 is 0. The van der Waals surface area contributed by atoms with Gasteiger partial charge in [0.2, 0.25) is 5.91 Å². The Morgan fingerprint density at radius 2 is 1.72 bits per heavy atom. The van der Waals surface area contributed by atoms with Gasteiger partial charge in [0.05, 0.1) is 16.3 Å². The number of amidine groups is 1. The third-order valence-electron chi connectivity index (χ3n) is 5.87. The van der Waals surface area contributed by atoms with Crippen molar-refractivity contribution in [3.05, 3.63) is 54.1 Å². The smallest absolute Gasteiger partial charge is 0.263 e. The van der Waals surface area contributed by atoms with Crippen molar-refractivity contribution in [3.63, 3.8) is 0 Å². The monoisotopic (exact) mass is 454 g/mol. The number of carbonyl (C=O) groups excluding carboxylic acids is 1. The summed E-state index contributed by atoms with van der Waals surface area (Å²) in [5.41, 5.74) is 2.62. The summed E-state index contributed by atoms with van der Waals surface area (Å²) in [4.78, 5) is 19.5. The van der Waals surface area contributed by atoms with E-state index in [-0.39, 0.29) is 10.8 Å². The average Bonchev–Trinajstić information content (AvgIpc) is 3.07. The van der Waals surface area contributed by atoms with E-state index in [1.807, 2.05) is 18.2 Å². The van der Waals surface area contributed by atoms with Crippen LogP contribution < -0.4 is 14.9 Å². The van der Waals surface area contributed by atoms with Crippen LogP contribution in [0.5, 0.6) is 0 Å². The van der Waals surface area contributed by atoms with Gasteiger partial charge in [-0.3, -0.25) is 14.5 Å². The predicted octanol–water partition coefficient (Wildman–Crippen LogP) is 3.91. The van der Waals surface area contributed by atoms with Crippen molar-refractivity contribution < 1.29 is 13.2 Å². The van der Waals surface area contributed by atoms with Crippen molar-refractivity contribution in [2.75, 3.05) is 29.9 Å². The number of carbonyl (C=O) groups is 1. The number of aliphatic imine (C=N–C) groups is 1. The number of rotatable bonds is 8. The molecule has 0 spiro atoms. The molecule has 0 unspecified atom stereocenters. The summed E-state index contributed by atoms with van der Waals surface area (Å²) in [6.45, 7) is 2.59. The molecule has 32 heavy (non-hydrogen) atoms. The van der Waals surface area contributed by atoms with Gasteiger partial charge in [0.15, 0.2) is 0 Å². The van der Waals surface area contributed by atoms with Crippen LogP contribution >= 0.6 is 0 Å². The number of amides is 1. The molecule has 2 N–H and O–H groups in total. The molecule has 0 atom stereocenters. The van der Waals surface area contributed by atoms with Gasteiger partial charge in [0, 0.05) is 31.6 Å². The lowest BCUT2D eigenvalue weighted by Crippen LogP contribution is -2.30. The number of unbranched alkanes of at least 4 members (excludes halogenated alkanes) is 2. The van der Waals surface area contributed by atoms with E-state index in [1.165, 1.54) is 19.3 Å². The fraction of sp³-hybridized carbons (Fsp3) is 0.417. The highest BCUT2D eigenvalue weighted by molar-refractivity contribution is 7.90. The van der Waals surface area contributed by atoms with E-state index in [1.54, 1.807) is 24.3 Å². The first-order chi connectivity index (χ1) is 15.5. The molecule has 2 aliphatic rings. The number of sulfonamides is 1. The van der Waals surface area contributed by atoms with E-state index in [4.69, 9.17) is 0 Å². The van der Waals surface area contributed by atoms with Crippen molar-refractivity contribution in [3.8, 4) is 0 Å². The summed E-state index contributed by atoms with van der Waals surface area (Å²) in [6, 6.07) is 14.9. The summed E-state index contributed by atoms with van der Waals surface area (Å²) in [5, 5.41) is 3.08. The van der Waals surface area contributed by atoms with Crippen LogP contribution in [0.4, 0.5) is 11.4 Å². The average molecular weight is 455 g/mol. The second-order valence-corrected chi connectivity index (χ2v) is 9.91. The van der Waals surface area contributed by atoms with Crippen LogP contribution in [0.1, 0.15) is 50.5 Å². The zero-order valence-corrected chi connectivity index (χ0v) is 19.0. The second-order valence-electron chi connectivity index (χ2n) is 8.26.